The van der Waals surface area contributed by atoms with Crippen molar-refractivity contribution in [1.29, 1.82) is 0 Å². The third-order valence-electron chi connectivity index (χ3n) is 5.79. The molecule has 0 radical (unpaired) electrons. The number of aromatic nitrogens is 3. The number of hydrogen-bond donors (Lipinski definition) is 1. The van der Waals surface area contributed by atoms with E-state index in [0.29, 0.717) is 32.0 Å². The van der Waals surface area contributed by atoms with E-state index < -0.39 is 17.2 Å². The lowest BCUT2D eigenvalue weighted by Crippen LogP contribution is -2.47. The van der Waals surface area contributed by atoms with Gasteiger partial charge in [-0.15, -0.1) is 0 Å². The molecule has 1 fully saturated rings. The minimum atomic E-state index is -0.709. The van der Waals surface area contributed by atoms with Crippen LogP contribution in [0.15, 0.2) is 58.1 Å². The van der Waals surface area contributed by atoms with Gasteiger partial charge >= 0.3 is 5.69 Å². The number of nitrogens with zero attached hydrogens (tertiary/aromatic N) is 4. The molecule has 1 amide bonds. The van der Waals surface area contributed by atoms with Crippen molar-refractivity contribution in [3.63, 3.8) is 0 Å². The second kappa shape index (κ2) is 10.6. The van der Waals surface area contributed by atoms with Gasteiger partial charge in [-0.05, 0) is 31.5 Å². The normalized spacial score (nSPS) is 14.2. The topological polar surface area (TPSA) is 98.5 Å². The number of carbonyl (C=O) groups is 1. The Morgan fingerprint density at radius 3 is 2.47 bits per heavy atom. The lowest BCUT2D eigenvalue weighted by Gasteiger charge is -2.26. The molecule has 3 aromatic rings. The molecule has 4 rings (SSSR count). The Bertz CT molecular complexity index is 1270. The molecular formula is C25H29N5O4. The van der Waals surface area contributed by atoms with Crippen LogP contribution in [-0.2, 0) is 11.3 Å². The highest BCUT2D eigenvalue weighted by Crippen LogP contribution is 2.07. The lowest BCUT2D eigenvalue weighted by atomic mass is 10.1. The van der Waals surface area contributed by atoms with Gasteiger partial charge < -0.3 is 10.1 Å². The average molecular weight is 464 g/mol. The highest BCUT2D eigenvalue weighted by Gasteiger charge is 2.21. The van der Waals surface area contributed by atoms with Crippen molar-refractivity contribution in [2.24, 2.45) is 0 Å². The molecule has 0 aliphatic carbocycles. The molecule has 178 valence electrons. The Morgan fingerprint density at radius 1 is 1.03 bits per heavy atom. The van der Waals surface area contributed by atoms with Gasteiger partial charge in [-0.25, -0.2) is 4.79 Å². The van der Waals surface area contributed by atoms with Gasteiger partial charge in [0.1, 0.15) is 0 Å². The average Bonchev–Trinajstić information content (AvgIpc) is 2.83. The van der Waals surface area contributed by atoms with Crippen LogP contribution in [0.3, 0.4) is 0 Å². The molecule has 0 atom stereocenters. The zero-order chi connectivity index (χ0) is 24.1. The van der Waals surface area contributed by atoms with E-state index in [1.807, 2.05) is 50.2 Å². The predicted octanol–water partition coefficient (Wildman–Crippen LogP) is 1.12. The zero-order valence-corrected chi connectivity index (χ0v) is 19.5. The monoisotopic (exact) mass is 463 g/mol. The molecule has 2 heterocycles. The minimum Gasteiger partial charge on any atom is -0.379 e. The first-order valence-electron chi connectivity index (χ1n) is 11.4. The minimum absolute atomic E-state index is 0.0434. The fraction of sp³-hybridized carbons (Fsp3) is 0.360. The first-order chi connectivity index (χ1) is 16.4. The maximum atomic E-state index is 13.3. The van der Waals surface area contributed by atoms with Gasteiger partial charge in [0.25, 0.3) is 11.5 Å². The number of ether oxygens (including phenoxy) is 1. The zero-order valence-electron chi connectivity index (χ0n) is 19.5. The molecule has 1 saturated heterocycles. The van der Waals surface area contributed by atoms with E-state index in [-0.39, 0.29) is 12.2 Å². The van der Waals surface area contributed by atoms with Gasteiger partial charge in [0.2, 0.25) is 5.69 Å². The van der Waals surface area contributed by atoms with Crippen LogP contribution in [0.5, 0.6) is 0 Å². The van der Waals surface area contributed by atoms with Crippen molar-refractivity contribution >= 4 is 5.91 Å². The van der Waals surface area contributed by atoms with Crippen molar-refractivity contribution in [3.05, 3.63) is 91.8 Å². The number of benzene rings is 2. The molecule has 2 aromatic carbocycles. The van der Waals surface area contributed by atoms with Crippen LogP contribution in [0, 0.1) is 13.8 Å². The van der Waals surface area contributed by atoms with Gasteiger partial charge in [-0.2, -0.15) is 9.78 Å². The smallest absolute Gasteiger partial charge is 0.352 e. The fourth-order valence-electron chi connectivity index (χ4n) is 3.88. The van der Waals surface area contributed by atoms with Crippen LogP contribution in [0.4, 0.5) is 0 Å². The molecule has 9 nitrogen and oxygen atoms in total. The first kappa shape index (κ1) is 23.6. The summed E-state index contributed by atoms with van der Waals surface area (Å²) >= 11 is 0. The Morgan fingerprint density at radius 2 is 1.76 bits per heavy atom. The third kappa shape index (κ3) is 5.49. The second-order valence-corrected chi connectivity index (χ2v) is 8.47. The highest BCUT2D eigenvalue weighted by molar-refractivity contribution is 5.91. The molecule has 1 aliphatic rings. The van der Waals surface area contributed by atoms with E-state index in [1.165, 1.54) is 0 Å². The maximum absolute atomic E-state index is 13.3. The summed E-state index contributed by atoms with van der Waals surface area (Å²) in [7, 11) is 0. The molecule has 1 N–H and O–H groups in total. The number of morpholine rings is 1. The van der Waals surface area contributed by atoms with Crippen LogP contribution in [0.2, 0.25) is 0 Å². The summed E-state index contributed by atoms with van der Waals surface area (Å²) in [5.74, 6) is -0.600. The van der Waals surface area contributed by atoms with Crippen LogP contribution in [0.1, 0.15) is 27.2 Å². The summed E-state index contributed by atoms with van der Waals surface area (Å²) in [4.78, 5) is 41.6. The summed E-state index contributed by atoms with van der Waals surface area (Å²) in [5.41, 5.74) is 1.69. The Balaban J connectivity index is 1.67. The first-order valence-corrected chi connectivity index (χ1v) is 11.4. The predicted molar refractivity (Wildman–Crippen MR) is 129 cm³/mol. The Hall–Kier alpha value is -3.56. The summed E-state index contributed by atoms with van der Waals surface area (Å²) in [6, 6.07) is 14.7. The lowest BCUT2D eigenvalue weighted by molar-refractivity contribution is 0.0383. The standard InChI is InChI=1S/C25H29N5O4/c1-18-6-8-21(9-7-18)30-25(33)29(17-20-5-3-4-19(2)16-20)24(32)22(27-30)23(31)26-10-11-28-12-14-34-15-13-28/h3-9,16H,10-15,17H2,1-2H3,(H,26,31). The van der Waals surface area contributed by atoms with Gasteiger partial charge in [0.05, 0.1) is 25.4 Å². The number of hydrogen-bond acceptors (Lipinski definition) is 6. The van der Waals surface area contributed by atoms with Crippen LogP contribution >= 0.6 is 0 Å². The van der Waals surface area contributed by atoms with Gasteiger partial charge in [-0.3, -0.25) is 19.1 Å². The maximum Gasteiger partial charge on any atom is 0.352 e. The van der Waals surface area contributed by atoms with Gasteiger partial charge in [0.15, 0.2) is 0 Å². The van der Waals surface area contributed by atoms with Crippen molar-refractivity contribution in [2.45, 2.75) is 20.4 Å². The fourth-order valence-corrected chi connectivity index (χ4v) is 3.88. The number of aryl methyl sites for hydroxylation is 2. The van der Waals surface area contributed by atoms with E-state index in [1.54, 1.807) is 12.1 Å². The van der Waals surface area contributed by atoms with Crippen molar-refractivity contribution in [2.75, 3.05) is 39.4 Å². The number of nitrogens with one attached hydrogen (secondary N) is 1. The van der Waals surface area contributed by atoms with Crippen LogP contribution in [0.25, 0.3) is 5.69 Å². The summed E-state index contributed by atoms with van der Waals surface area (Å²) in [5, 5.41) is 6.96. The summed E-state index contributed by atoms with van der Waals surface area (Å²) < 4.78 is 7.53. The van der Waals surface area contributed by atoms with E-state index in [4.69, 9.17) is 4.74 Å². The second-order valence-electron chi connectivity index (χ2n) is 8.47. The molecule has 34 heavy (non-hydrogen) atoms. The number of amides is 1. The van der Waals surface area contributed by atoms with Crippen molar-refractivity contribution in [1.82, 2.24) is 24.6 Å². The molecule has 0 spiro atoms. The summed E-state index contributed by atoms with van der Waals surface area (Å²) in [6.07, 6.45) is 0. The molecule has 0 unspecified atom stereocenters. The number of rotatable bonds is 7. The number of carbonyl (C=O) groups excluding carboxylic acids is 1. The molecule has 0 bridgehead atoms. The SMILES string of the molecule is Cc1ccc(-n2nc(C(=O)NCCN3CCOCC3)c(=O)n(Cc3cccc(C)c3)c2=O)cc1. The molecule has 9 heteroatoms. The largest absolute Gasteiger partial charge is 0.379 e. The van der Waals surface area contributed by atoms with E-state index in [2.05, 4.69) is 15.3 Å². The molecule has 0 saturated carbocycles. The summed E-state index contributed by atoms with van der Waals surface area (Å²) in [6.45, 7) is 7.86. The van der Waals surface area contributed by atoms with Crippen LogP contribution < -0.4 is 16.6 Å². The van der Waals surface area contributed by atoms with E-state index >= 15 is 0 Å². The molecule has 1 aliphatic heterocycles. The van der Waals surface area contributed by atoms with Crippen molar-refractivity contribution < 1.29 is 9.53 Å². The van der Waals surface area contributed by atoms with Crippen molar-refractivity contribution in [3.8, 4) is 5.69 Å². The Kier molecular flexibility index (Phi) is 7.34. The highest BCUT2D eigenvalue weighted by atomic mass is 16.5. The van der Waals surface area contributed by atoms with Gasteiger partial charge in [0, 0.05) is 26.2 Å². The molecular weight excluding hydrogens is 434 g/mol. The quantitative estimate of drug-likeness (QED) is 0.564. The van der Waals surface area contributed by atoms with E-state index in [9.17, 15) is 14.4 Å². The Labute approximate surface area is 197 Å². The van der Waals surface area contributed by atoms with E-state index in [0.717, 1.165) is 39.0 Å². The third-order valence-corrected chi connectivity index (χ3v) is 5.79. The van der Waals surface area contributed by atoms with Crippen LogP contribution in [-0.4, -0.2) is 64.5 Å². The van der Waals surface area contributed by atoms with Gasteiger partial charge in [-0.1, -0.05) is 47.5 Å². The molecule has 1 aromatic heterocycles.